The molecule has 1 aromatic rings. The third kappa shape index (κ3) is 3.30. The number of fused-ring (bicyclic) bond motifs is 1. The zero-order chi connectivity index (χ0) is 14.8. The highest BCUT2D eigenvalue weighted by Crippen LogP contribution is 2.28. The molecule has 1 aliphatic rings. The predicted octanol–water partition coefficient (Wildman–Crippen LogP) is 2.05. The van der Waals surface area contributed by atoms with Crippen LogP contribution in [0.25, 0.3) is 0 Å². The number of benzene rings is 1. The van der Waals surface area contributed by atoms with Crippen LogP contribution in [0.15, 0.2) is 22.6 Å². The summed E-state index contributed by atoms with van der Waals surface area (Å²) >= 11 is 0. The van der Waals surface area contributed by atoms with Crippen molar-refractivity contribution in [1.29, 1.82) is 0 Å². The Hall–Kier alpha value is -1.56. The maximum Gasteiger partial charge on any atom is 0.259 e. The Morgan fingerprint density at radius 2 is 2.20 bits per heavy atom. The van der Waals surface area contributed by atoms with E-state index in [1.807, 2.05) is 0 Å². The quantitative estimate of drug-likeness (QED) is 0.901. The minimum Gasteiger partial charge on any atom is -0.493 e. The maximum atomic E-state index is 11.6. The summed E-state index contributed by atoms with van der Waals surface area (Å²) in [6.07, 6.45) is 2.06. The van der Waals surface area contributed by atoms with Crippen LogP contribution in [0, 0.1) is 5.92 Å². The van der Waals surface area contributed by atoms with Crippen LogP contribution < -0.4 is 10.5 Å². The minimum absolute atomic E-state index is 0.0189. The summed E-state index contributed by atoms with van der Waals surface area (Å²) in [6.45, 7) is 4.91. The largest absolute Gasteiger partial charge is 0.493 e. The van der Waals surface area contributed by atoms with Crippen molar-refractivity contribution in [1.82, 2.24) is 0 Å². The van der Waals surface area contributed by atoms with E-state index in [0.717, 1.165) is 12.8 Å². The van der Waals surface area contributed by atoms with Crippen LogP contribution >= 0.6 is 0 Å². The average molecular weight is 296 g/mol. The van der Waals surface area contributed by atoms with E-state index in [1.165, 1.54) is 0 Å². The number of rotatable bonds is 5. The molecule has 0 radical (unpaired) electrons. The topological polar surface area (TPSA) is 81.8 Å². The van der Waals surface area contributed by atoms with E-state index in [1.54, 1.807) is 18.2 Å². The van der Waals surface area contributed by atoms with Gasteiger partial charge >= 0.3 is 0 Å². The van der Waals surface area contributed by atoms with Gasteiger partial charge in [0.2, 0.25) is 0 Å². The van der Waals surface area contributed by atoms with Gasteiger partial charge < -0.3 is 10.5 Å². The minimum atomic E-state index is -3.49. The number of ether oxygens (including phenoxy) is 1. The highest BCUT2D eigenvalue weighted by Gasteiger charge is 2.25. The zero-order valence-electron chi connectivity index (χ0n) is 11.8. The molecule has 20 heavy (non-hydrogen) atoms. The second kappa shape index (κ2) is 5.83. The van der Waals surface area contributed by atoms with Gasteiger partial charge in [-0.15, -0.1) is 4.40 Å². The summed E-state index contributed by atoms with van der Waals surface area (Å²) in [6, 6.07) is 5.33. The zero-order valence-corrected chi connectivity index (χ0v) is 12.6. The molecule has 0 fully saturated rings. The third-order valence-electron chi connectivity index (χ3n) is 3.51. The summed E-state index contributed by atoms with van der Waals surface area (Å²) in [5, 5.41) is 0. The molecule has 0 aliphatic carbocycles. The molecule has 0 saturated carbocycles. The van der Waals surface area contributed by atoms with E-state index in [4.69, 9.17) is 10.5 Å². The first-order valence-electron chi connectivity index (χ1n) is 6.76. The molecule has 1 aromatic carbocycles. The Morgan fingerprint density at radius 3 is 2.90 bits per heavy atom. The van der Waals surface area contributed by atoms with Crippen LogP contribution in [0.4, 0.5) is 0 Å². The van der Waals surface area contributed by atoms with E-state index < -0.39 is 10.0 Å². The lowest BCUT2D eigenvalue weighted by Crippen LogP contribution is -2.24. The van der Waals surface area contributed by atoms with E-state index in [-0.39, 0.29) is 11.6 Å². The van der Waals surface area contributed by atoms with Gasteiger partial charge in [-0.25, -0.2) is 8.42 Å². The summed E-state index contributed by atoms with van der Waals surface area (Å²) in [5.74, 6) is 1.11. The summed E-state index contributed by atoms with van der Waals surface area (Å²) in [7, 11) is -3.49. The first-order valence-corrected chi connectivity index (χ1v) is 8.37. The van der Waals surface area contributed by atoms with Crippen molar-refractivity contribution < 1.29 is 13.2 Å². The van der Waals surface area contributed by atoms with Gasteiger partial charge in [-0.3, -0.25) is 0 Å². The van der Waals surface area contributed by atoms with E-state index in [2.05, 4.69) is 18.2 Å². The van der Waals surface area contributed by atoms with Crippen molar-refractivity contribution in [3.8, 4) is 5.75 Å². The van der Waals surface area contributed by atoms with Crippen LogP contribution in [0.5, 0.6) is 5.75 Å². The van der Waals surface area contributed by atoms with Gasteiger partial charge in [0.25, 0.3) is 10.0 Å². The lowest BCUT2D eigenvalue weighted by molar-refractivity contribution is 0.281. The van der Waals surface area contributed by atoms with Crippen LogP contribution in [-0.4, -0.2) is 20.9 Å². The molecular formula is C14H20N2O3S. The SMILES string of the molecule is CCC(C)CCOc1cccc2c1C(N)=NS(=O)(=O)C2. The number of amidine groups is 1. The Kier molecular flexibility index (Phi) is 4.32. The monoisotopic (exact) mass is 296 g/mol. The number of nitrogens with two attached hydrogens (primary N) is 1. The maximum absolute atomic E-state index is 11.6. The Bertz CT molecular complexity index is 623. The molecule has 5 nitrogen and oxygen atoms in total. The second-order valence-electron chi connectivity index (χ2n) is 5.14. The van der Waals surface area contributed by atoms with Crippen molar-refractivity contribution in [2.75, 3.05) is 6.61 Å². The lowest BCUT2D eigenvalue weighted by Gasteiger charge is -2.18. The molecule has 2 N–H and O–H groups in total. The second-order valence-corrected chi connectivity index (χ2v) is 6.78. The molecule has 0 aromatic heterocycles. The Morgan fingerprint density at radius 1 is 1.45 bits per heavy atom. The molecule has 0 amide bonds. The van der Waals surface area contributed by atoms with Crippen molar-refractivity contribution in [2.45, 2.75) is 32.4 Å². The number of hydrogen-bond donors (Lipinski definition) is 1. The first-order chi connectivity index (χ1) is 9.43. The van der Waals surface area contributed by atoms with E-state index >= 15 is 0 Å². The fourth-order valence-corrected chi connectivity index (χ4v) is 3.20. The molecule has 0 saturated heterocycles. The Labute approximate surface area is 119 Å². The lowest BCUT2D eigenvalue weighted by atomic mass is 10.1. The average Bonchev–Trinajstić information content (AvgIpc) is 2.36. The molecule has 1 atom stereocenters. The van der Waals surface area contributed by atoms with Crippen molar-refractivity contribution in [3.63, 3.8) is 0 Å². The van der Waals surface area contributed by atoms with Crippen LogP contribution in [0.2, 0.25) is 0 Å². The van der Waals surface area contributed by atoms with Crippen LogP contribution in [0.3, 0.4) is 0 Å². The number of nitrogens with zero attached hydrogens (tertiary/aromatic N) is 1. The molecule has 110 valence electrons. The van der Waals surface area contributed by atoms with Gasteiger partial charge in [0.15, 0.2) is 0 Å². The van der Waals surface area contributed by atoms with Gasteiger partial charge in [-0.2, -0.15) is 0 Å². The number of hydrogen-bond acceptors (Lipinski definition) is 4. The van der Waals surface area contributed by atoms with Gasteiger partial charge in [-0.1, -0.05) is 32.4 Å². The van der Waals surface area contributed by atoms with Gasteiger partial charge in [-0.05, 0) is 24.0 Å². The fourth-order valence-electron chi connectivity index (χ4n) is 2.11. The smallest absolute Gasteiger partial charge is 0.259 e. The third-order valence-corrected chi connectivity index (χ3v) is 4.66. The molecule has 6 heteroatoms. The normalized spacial score (nSPS) is 18.0. The van der Waals surface area contributed by atoms with E-state index in [0.29, 0.717) is 29.4 Å². The number of sulfonamides is 1. The molecular weight excluding hydrogens is 276 g/mol. The molecule has 1 unspecified atom stereocenters. The Balaban J connectivity index is 2.21. The molecule has 0 bridgehead atoms. The van der Waals surface area contributed by atoms with Gasteiger partial charge in [0.1, 0.15) is 11.6 Å². The molecule has 1 aliphatic heterocycles. The van der Waals surface area contributed by atoms with E-state index in [9.17, 15) is 8.42 Å². The van der Waals surface area contributed by atoms with Gasteiger partial charge in [0, 0.05) is 0 Å². The molecule has 0 spiro atoms. The summed E-state index contributed by atoms with van der Waals surface area (Å²) in [5.41, 5.74) is 7.04. The van der Waals surface area contributed by atoms with Gasteiger partial charge in [0.05, 0.1) is 17.9 Å². The van der Waals surface area contributed by atoms with Crippen LogP contribution in [0.1, 0.15) is 37.8 Å². The predicted molar refractivity (Wildman–Crippen MR) is 79.4 cm³/mol. The fraction of sp³-hybridized carbons (Fsp3) is 0.500. The summed E-state index contributed by atoms with van der Waals surface area (Å²) in [4.78, 5) is 0. The van der Waals surface area contributed by atoms with Crippen LogP contribution in [-0.2, 0) is 15.8 Å². The highest BCUT2D eigenvalue weighted by atomic mass is 32.2. The highest BCUT2D eigenvalue weighted by molar-refractivity contribution is 7.89. The van der Waals surface area contributed by atoms with Crippen molar-refractivity contribution in [3.05, 3.63) is 29.3 Å². The molecule has 1 heterocycles. The summed E-state index contributed by atoms with van der Waals surface area (Å²) < 4.78 is 32.5. The first kappa shape index (κ1) is 14.8. The van der Waals surface area contributed by atoms with Crippen molar-refractivity contribution in [2.24, 2.45) is 16.0 Å². The molecule has 2 rings (SSSR count). The van der Waals surface area contributed by atoms with Crippen molar-refractivity contribution >= 4 is 15.9 Å². The standard InChI is InChI=1S/C14H20N2O3S/c1-3-10(2)7-8-19-12-6-4-5-11-9-20(17,18)16-14(15)13(11)12/h4-6,10H,3,7-9H2,1-2H3,(H2,15,16).